The van der Waals surface area contributed by atoms with E-state index in [2.05, 4.69) is 0 Å². The monoisotopic (exact) mass is 484 g/mol. The molecule has 4 rings (SSSR count). The van der Waals surface area contributed by atoms with Crippen LogP contribution in [0.4, 0.5) is 0 Å². The molecule has 0 bridgehead atoms. The fourth-order valence-corrected chi connectivity index (χ4v) is 5.81. The number of sulfonamides is 1. The summed E-state index contributed by atoms with van der Waals surface area (Å²) in [6, 6.07) is 17.3. The van der Waals surface area contributed by atoms with Gasteiger partial charge in [0, 0.05) is 25.0 Å². The molecule has 0 atom stereocenters. The first kappa shape index (κ1) is 23.2. The van der Waals surface area contributed by atoms with Gasteiger partial charge in [-0.3, -0.25) is 4.79 Å². The van der Waals surface area contributed by atoms with Crippen LogP contribution in [0.2, 0.25) is 0 Å². The third-order valence-corrected chi connectivity index (χ3v) is 8.27. The zero-order chi connectivity index (χ0) is 23.4. The Balaban J connectivity index is 1.35. The van der Waals surface area contributed by atoms with E-state index in [1.165, 1.54) is 33.5 Å². The Morgan fingerprint density at radius 3 is 2.45 bits per heavy atom. The van der Waals surface area contributed by atoms with Crippen molar-refractivity contribution in [3.05, 3.63) is 87.6 Å². The van der Waals surface area contributed by atoms with Crippen molar-refractivity contribution < 1.29 is 22.7 Å². The van der Waals surface area contributed by atoms with E-state index in [1.54, 1.807) is 18.4 Å². The standard InChI is InChI=1S/C24H24N2O5S2/c1-25(16-21-7-4-14-32-21)23(27)17-31-24(28)19-8-10-22(11-9-19)33(29,30)26-13-12-18-5-2-3-6-20(18)15-26/h2-11,14H,12-13,15-17H2,1H3. The number of rotatable bonds is 7. The second-order valence-corrected chi connectivity index (χ2v) is 10.8. The molecule has 0 unspecified atom stereocenters. The van der Waals surface area contributed by atoms with E-state index in [0.717, 1.165) is 16.0 Å². The molecule has 1 aliphatic rings. The third kappa shape index (κ3) is 5.32. The summed E-state index contributed by atoms with van der Waals surface area (Å²) in [5, 5.41) is 1.93. The summed E-state index contributed by atoms with van der Waals surface area (Å²) in [6.07, 6.45) is 0.661. The quantitative estimate of drug-likeness (QED) is 0.481. The lowest BCUT2D eigenvalue weighted by atomic mass is 10.0. The molecule has 2 aromatic carbocycles. The topological polar surface area (TPSA) is 84.0 Å². The number of ether oxygens (including phenoxy) is 1. The number of nitrogens with zero attached hydrogens (tertiary/aromatic N) is 2. The van der Waals surface area contributed by atoms with Crippen molar-refractivity contribution in [3.8, 4) is 0 Å². The number of carbonyl (C=O) groups is 2. The Kier molecular flexibility index (Phi) is 6.92. The van der Waals surface area contributed by atoms with Gasteiger partial charge in [-0.1, -0.05) is 30.3 Å². The van der Waals surface area contributed by atoms with Crippen molar-refractivity contribution in [3.63, 3.8) is 0 Å². The average Bonchev–Trinajstić information content (AvgIpc) is 3.35. The maximum atomic E-state index is 13.1. The lowest BCUT2D eigenvalue weighted by Crippen LogP contribution is -2.35. The highest BCUT2D eigenvalue weighted by molar-refractivity contribution is 7.89. The Hall–Kier alpha value is -3.01. The van der Waals surface area contributed by atoms with Crippen LogP contribution >= 0.6 is 11.3 Å². The largest absolute Gasteiger partial charge is 0.452 e. The molecule has 33 heavy (non-hydrogen) atoms. The lowest BCUT2D eigenvalue weighted by molar-refractivity contribution is -0.133. The molecule has 1 aromatic heterocycles. The number of esters is 1. The first-order valence-corrected chi connectivity index (χ1v) is 12.8. The number of fused-ring (bicyclic) bond motifs is 1. The molecule has 9 heteroatoms. The second-order valence-electron chi connectivity index (χ2n) is 7.79. The number of hydrogen-bond acceptors (Lipinski definition) is 6. The molecular weight excluding hydrogens is 460 g/mol. The SMILES string of the molecule is CN(Cc1cccs1)C(=O)COC(=O)c1ccc(S(=O)(=O)N2CCc3ccccc3C2)cc1. The zero-order valence-corrected chi connectivity index (χ0v) is 19.8. The highest BCUT2D eigenvalue weighted by Gasteiger charge is 2.28. The minimum Gasteiger partial charge on any atom is -0.452 e. The lowest BCUT2D eigenvalue weighted by Gasteiger charge is -2.28. The number of thiophene rings is 1. The normalized spacial score (nSPS) is 13.8. The molecule has 2 heterocycles. The number of likely N-dealkylation sites (N-methyl/N-ethyl adjacent to an activating group) is 1. The summed E-state index contributed by atoms with van der Waals surface area (Å²) in [5.74, 6) is -0.995. The second kappa shape index (κ2) is 9.86. The first-order valence-electron chi connectivity index (χ1n) is 10.4. The molecule has 7 nitrogen and oxygen atoms in total. The van der Waals surface area contributed by atoms with Gasteiger partial charge in [-0.15, -0.1) is 11.3 Å². The van der Waals surface area contributed by atoms with Crippen LogP contribution in [0.3, 0.4) is 0 Å². The fraction of sp³-hybridized carbons (Fsp3) is 0.250. The van der Waals surface area contributed by atoms with Gasteiger partial charge in [0.2, 0.25) is 10.0 Å². The smallest absolute Gasteiger partial charge is 0.338 e. The average molecular weight is 485 g/mol. The molecule has 1 amide bonds. The van der Waals surface area contributed by atoms with Crippen molar-refractivity contribution >= 4 is 33.2 Å². The van der Waals surface area contributed by atoms with E-state index in [9.17, 15) is 18.0 Å². The van der Waals surface area contributed by atoms with E-state index in [1.807, 2.05) is 41.8 Å². The molecule has 0 saturated heterocycles. The van der Waals surface area contributed by atoms with Crippen LogP contribution in [0.5, 0.6) is 0 Å². The van der Waals surface area contributed by atoms with Gasteiger partial charge in [0.1, 0.15) is 0 Å². The van der Waals surface area contributed by atoms with Crippen LogP contribution in [-0.2, 0) is 39.1 Å². The minimum atomic E-state index is -3.69. The van der Waals surface area contributed by atoms with Crippen LogP contribution in [0.15, 0.2) is 70.9 Å². The maximum Gasteiger partial charge on any atom is 0.338 e. The van der Waals surface area contributed by atoms with Gasteiger partial charge >= 0.3 is 5.97 Å². The number of hydrogen-bond donors (Lipinski definition) is 0. The molecule has 1 aliphatic heterocycles. The fourth-order valence-electron chi connectivity index (χ4n) is 3.63. The number of amides is 1. The summed E-state index contributed by atoms with van der Waals surface area (Å²) in [6.45, 7) is 0.795. The van der Waals surface area contributed by atoms with Gasteiger partial charge in [-0.25, -0.2) is 13.2 Å². The van der Waals surface area contributed by atoms with E-state index < -0.39 is 16.0 Å². The molecule has 3 aromatic rings. The van der Waals surface area contributed by atoms with E-state index in [0.29, 0.717) is 26.1 Å². The van der Waals surface area contributed by atoms with Gasteiger partial charge in [0.05, 0.1) is 17.0 Å². The van der Waals surface area contributed by atoms with Gasteiger partial charge < -0.3 is 9.64 Å². The van der Waals surface area contributed by atoms with Gasteiger partial charge in [0.15, 0.2) is 6.61 Å². The molecule has 0 fully saturated rings. The van der Waals surface area contributed by atoms with Crippen molar-refractivity contribution in [2.75, 3.05) is 20.2 Å². The van der Waals surface area contributed by atoms with Crippen LogP contribution in [-0.4, -0.2) is 49.7 Å². The number of benzene rings is 2. The Morgan fingerprint density at radius 1 is 1.03 bits per heavy atom. The van der Waals surface area contributed by atoms with Crippen LogP contribution in [0, 0.1) is 0 Å². The van der Waals surface area contributed by atoms with E-state index in [4.69, 9.17) is 4.74 Å². The maximum absolute atomic E-state index is 13.1. The summed E-state index contributed by atoms with van der Waals surface area (Å²) in [7, 11) is -2.04. The molecule has 0 N–H and O–H groups in total. The van der Waals surface area contributed by atoms with Gasteiger partial charge in [-0.2, -0.15) is 4.31 Å². The summed E-state index contributed by atoms with van der Waals surface area (Å²) >= 11 is 1.55. The summed E-state index contributed by atoms with van der Waals surface area (Å²) < 4.78 is 32.7. The van der Waals surface area contributed by atoms with Crippen molar-refractivity contribution in [2.24, 2.45) is 0 Å². The van der Waals surface area contributed by atoms with E-state index in [-0.39, 0.29) is 23.0 Å². The summed E-state index contributed by atoms with van der Waals surface area (Å²) in [4.78, 5) is 27.2. The van der Waals surface area contributed by atoms with Crippen LogP contribution in [0.1, 0.15) is 26.4 Å². The van der Waals surface area contributed by atoms with Gasteiger partial charge in [-0.05, 0) is 53.3 Å². The molecule has 172 valence electrons. The zero-order valence-electron chi connectivity index (χ0n) is 18.1. The van der Waals surface area contributed by atoms with Crippen molar-refractivity contribution in [1.29, 1.82) is 0 Å². The molecule has 0 radical (unpaired) electrons. The van der Waals surface area contributed by atoms with Crippen molar-refractivity contribution in [2.45, 2.75) is 24.4 Å². The van der Waals surface area contributed by atoms with Crippen LogP contribution in [0.25, 0.3) is 0 Å². The Morgan fingerprint density at radius 2 is 1.76 bits per heavy atom. The highest BCUT2D eigenvalue weighted by atomic mass is 32.2. The van der Waals surface area contributed by atoms with Crippen LogP contribution < -0.4 is 0 Å². The Bertz CT molecular complexity index is 1240. The Labute approximate surface area is 197 Å². The predicted molar refractivity (Wildman–Crippen MR) is 125 cm³/mol. The highest BCUT2D eigenvalue weighted by Crippen LogP contribution is 2.25. The summed E-state index contributed by atoms with van der Waals surface area (Å²) in [5.41, 5.74) is 2.35. The molecule has 0 saturated carbocycles. The third-order valence-electron chi connectivity index (χ3n) is 5.55. The van der Waals surface area contributed by atoms with Gasteiger partial charge in [0.25, 0.3) is 5.91 Å². The molecule has 0 aliphatic carbocycles. The number of carbonyl (C=O) groups excluding carboxylic acids is 2. The van der Waals surface area contributed by atoms with Crippen molar-refractivity contribution in [1.82, 2.24) is 9.21 Å². The van der Waals surface area contributed by atoms with E-state index >= 15 is 0 Å². The molecular formula is C24H24N2O5S2. The molecule has 0 spiro atoms. The predicted octanol–water partition coefficient (Wildman–Crippen LogP) is 3.31. The first-order chi connectivity index (χ1) is 15.8. The minimum absolute atomic E-state index is 0.116.